The number of aromatic nitrogens is 2. The number of urea groups is 1. The minimum Gasteiger partial charge on any atom is -0.395 e. The van der Waals surface area contributed by atoms with Gasteiger partial charge in [0.15, 0.2) is 5.82 Å². The number of benzene rings is 1. The highest BCUT2D eigenvalue weighted by molar-refractivity contribution is 6.42. The minimum absolute atomic E-state index is 0.121. The van der Waals surface area contributed by atoms with Crippen molar-refractivity contribution in [2.45, 2.75) is 6.92 Å². The van der Waals surface area contributed by atoms with Gasteiger partial charge in [0.05, 0.1) is 22.3 Å². The number of aryl methyl sites for hydroxylation is 1. The van der Waals surface area contributed by atoms with Crippen molar-refractivity contribution in [3.05, 3.63) is 40.0 Å². The SMILES string of the molecule is Cc1cc(NC(=O)NCCO)nn1-c1ccc(Cl)c(Cl)c1. The number of halogens is 2. The topological polar surface area (TPSA) is 79.2 Å². The fraction of sp³-hybridized carbons (Fsp3) is 0.231. The first-order chi connectivity index (χ1) is 10.0. The van der Waals surface area contributed by atoms with E-state index in [-0.39, 0.29) is 13.2 Å². The summed E-state index contributed by atoms with van der Waals surface area (Å²) in [5.74, 6) is 0.397. The van der Waals surface area contributed by atoms with Crippen LogP contribution in [0.5, 0.6) is 0 Å². The van der Waals surface area contributed by atoms with E-state index in [0.29, 0.717) is 15.9 Å². The summed E-state index contributed by atoms with van der Waals surface area (Å²) in [4.78, 5) is 11.5. The quantitative estimate of drug-likeness (QED) is 0.807. The zero-order valence-corrected chi connectivity index (χ0v) is 12.7. The first-order valence-electron chi connectivity index (χ1n) is 6.19. The average Bonchev–Trinajstić information content (AvgIpc) is 2.80. The molecule has 0 atom stereocenters. The van der Waals surface area contributed by atoms with Crippen LogP contribution in [0.25, 0.3) is 5.69 Å². The Morgan fingerprint density at radius 3 is 2.76 bits per heavy atom. The number of nitrogens with one attached hydrogen (secondary N) is 2. The van der Waals surface area contributed by atoms with Gasteiger partial charge in [0.1, 0.15) is 0 Å². The number of carbonyl (C=O) groups excluding carboxylic acids is 1. The highest BCUT2D eigenvalue weighted by Crippen LogP contribution is 2.25. The van der Waals surface area contributed by atoms with Crippen molar-refractivity contribution in [1.29, 1.82) is 0 Å². The van der Waals surface area contributed by atoms with Gasteiger partial charge in [-0.25, -0.2) is 9.48 Å². The largest absolute Gasteiger partial charge is 0.395 e. The molecule has 2 aromatic rings. The highest BCUT2D eigenvalue weighted by atomic mass is 35.5. The molecule has 2 rings (SSSR count). The van der Waals surface area contributed by atoms with Gasteiger partial charge in [-0.1, -0.05) is 23.2 Å². The first kappa shape index (κ1) is 15.6. The molecule has 112 valence electrons. The van der Waals surface area contributed by atoms with Gasteiger partial charge in [-0.15, -0.1) is 5.10 Å². The van der Waals surface area contributed by atoms with E-state index >= 15 is 0 Å². The lowest BCUT2D eigenvalue weighted by molar-refractivity contribution is 0.244. The summed E-state index contributed by atoms with van der Waals surface area (Å²) in [7, 11) is 0. The standard InChI is InChI=1S/C13H14Cl2N4O2/c1-8-6-12(17-13(21)16-4-5-20)18-19(8)9-2-3-10(14)11(15)7-9/h2-3,6-7,20H,4-5H2,1H3,(H2,16,17,18,21). The molecule has 0 spiro atoms. The number of amides is 2. The molecular weight excluding hydrogens is 315 g/mol. The Morgan fingerprint density at radius 1 is 1.33 bits per heavy atom. The first-order valence-corrected chi connectivity index (χ1v) is 6.94. The number of nitrogens with zero attached hydrogens (tertiary/aromatic N) is 2. The summed E-state index contributed by atoms with van der Waals surface area (Å²) < 4.78 is 1.64. The van der Waals surface area contributed by atoms with Gasteiger partial charge >= 0.3 is 6.03 Å². The predicted octanol–water partition coefficient (Wildman–Crippen LogP) is 2.60. The van der Waals surface area contributed by atoms with Crippen molar-refractivity contribution in [3.8, 4) is 5.69 Å². The summed E-state index contributed by atoms with van der Waals surface area (Å²) >= 11 is 11.9. The maximum absolute atomic E-state index is 11.5. The van der Waals surface area contributed by atoms with Gasteiger partial charge in [0, 0.05) is 18.3 Å². The van der Waals surface area contributed by atoms with E-state index in [0.717, 1.165) is 11.4 Å². The van der Waals surface area contributed by atoms with E-state index in [1.54, 1.807) is 28.9 Å². The fourth-order valence-corrected chi connectivity index (χ4v) is 2.04. The Balaban J connectivity index is 2.19. The Bertz CT molecular complexity index is 658. The molecule has 0 fully saturated rings. The summed E-state index contributed by atoms with van der Waals surface area (Å²) in [6.45, 7) is 1.91. The molecule has 6 nitrogen and oxygen atoms in total. The number of aliphatic hydroxyl groups excluding tert-OH is 1. The van der Waals surface area contributed by atoms with E-state index in [1.807, 2.05) is 6.92 Å². The molecule has 0 aliphatic heterocycles. The number of anilines is 1. The van der Waals surface area contributed by atoms with Gasteiger partial charge in [-0.05, 0) is 25.1 Å². The van der Waals surface area contributed by atoms with Crippen LogP contribution in [0.1, 0.15) is 5.69 Å². The van der Waals surface area contributed by atoms with Crippen molar-refractivity contribution >= 4 is 35.1 Å². The van der Waals surface area contributed by atoms with E-state index < -0.39 is 6.03 Å². The Kier molecular flexibility index (Phi) is 5.06. The predicted molar refractivity (Wildman–Crippen MR) is 82.4 cm³/mol. The molecule has 0 bridgehead atoms. The molecule has 2 amide bonds. The molecule has 21 heavy (non-hydrogen) atoms. The molecule has 0 saturated carbocycles. The summed E-state index contributed by atoms with van der Waals surface area (Å²) in [5, 5.41) is 18.9. The maximum Gasteiger partial charge on any atom is 0.320 e. The van der Waals surface area contributed by atoms with Crippen LogP contribution >= 0.6 is 23.2 Å². The molecular formula is C13H14Cl2N4O2. The van der Waals surface area contributed by atoms with Crippen LogP contribution < -0.4 is 10.6 Å². The van der Waals surface area contributed by atoms with Gasteiger partial charge in [0.2, 0.25) is 0 Å². The highest BCUT2D eigenvalue weighted by Gasteiger charge is 2.10. The second-order valence-electron chi connectivity index (χ2n) is 4.29. The molecule has 1 heterocycles. The van der Waals surface area contributed by atoms with E-state index in [4.69, 9.17) is 28.3 Å². The molecule has 0 radical (unpaired) electrons. The normalized spacial score (nSPS) is 10.5. The molecule has 1 aromatic heterocycles. The third kappa shape index (κ3) is 3.87. The molecule has 3 N–H and O–H groups in total. The smallest absolute Gasteiger partial charge is 0.320 e. The van der Waals surface area contributed by atoms with E-state index in [1.165, 1.54) is 0 Å². The zero-order chi connectivity index (χ0) is 15.4. The number of hydrogen-bond donors (Lipinski definition) is 3. The van der Waals surface area contributed by atoms with Crippen molar-refractivity contribution in [1.82, 2.24) is 15.1 Å². The second-order valence-corrected chi connectivity index (χ2v) is 5.10. The van der Waals surface area contributed by atoms with E-state index in [2.05, 4.69) is 15.7 Å². The Labute approximate surface area is 131 Å². The molecule has 0 saturated heterocycles. The minimum atomic E-state index is -0.428. The van der Waals surface area contributed by atoms with Crippen molar-refractivity contribution in [2.75, 3.05) is 18.5 Å². The van der Waals surface area contributed by atoms with E-state index in [9.17, 15) is 4.79 Å². The number of aliphatic hydroxyl groups is 1. The molecule has 0 aliphatic carbocycles. The van der Waals surface area contributed by atoms with Crippen LogP contribution in [0.4, 0.5) is 10.6 Å². The summed E-state index contributed by atoms with van der Waals surface area (Å²) in [5.41, 5.74) is 1.57. The number of hydrogen-bond acceptors (Lipinski definition) is 3. The lowest BCUT2D eigenvalue weighted by atomic mass is 10.3. The van der Waals surface area contributed by atoms with Crippen LogP contribution in [0, 0.1) is 6.92 Å². The van der Waals surface area contributed by atoms with Gasteiger partial charge in [-0.2, -0.15) is 0 Å². The summed E-state index contributed by atoms with van der Waals surface area (Å²) in [6, 6.07) is 6.45. The Hall–Kier alpha value is -1.76. The van der Waals surface area contributed by atoms with Crippen LogP contribution in [-0.4, -0.2) is 34.1 Å². The fourth-order valence-electron chi connectivity index (χ4n) is 1.74. The van der Waals surface area contributed by atoms with Crippen LogP contribution in [-0.2, 0) is 0 Å². The monoisotopic (exact) mass is 328 g/mol. The molecule has 0 aliphatic rings. The third-order valence-electron chi connectivity index (χ3n) is 2.67. The molecule has 8 heteroatoms. The van der Waals surface area contributed by atoms with Crippen molar-refractivity contribution in [3.63, 3.8) is 0 Å². The number of carbonyl (C=O) groups is 1. The van der Waals surface area contributed by atoms with Crippen LogP contribution in [0.15, 0.2) is 24.3 Å². The summed E-state index contributed by atoms with van der Waals surface area (Å²) in [6.07, 6.45) is 0. The molecule has 0 unspecified atom stereocenters. The number of rotatable bonds is 4. The van der Waals surface area contributed by atoms with Crippen molar-refractivity contribution < 1.29 is 9.90 Å². The maximum atomic E-state index is 11.5. The third-order valence-corrected chi connectivity index (χ3v) is 3.41. The van der Waals surface area contributed by atoms with Crippen molar-refractivity contribution in [2.24, 2.45) is 0 Å². The second kappa shape index (κ2) is 6.80. The molecule has 1 aromatic carbocycles. The lowest BCUT2D eigenvalue weighted by Crippen LogP contribution is -2.31. The lowest BCUT2D eigenvalue weighted by Gasteiger charge is -2.06. The zero-order valence-electron chi connectivity index (χ0n) is 11.2. The average molecular weight is 329 g/mol. The Morgan fingerprint density at radius 2 is 2.10 bits per heavy atom. The van der Waals surface area contributed by atoms with Gasteiger partial charge in [-0.3, -0.25) is 5.32 Å². The van der Waals surface area contributed by atoms with Gasteiger partial charge in [0.25, 0.3) is 0 Å². The van der Waals surface area contributed by atoms with Crippen LogP contribution in [0.3, 0.4) is 0 Å². The van der Waals surface area contributed by atoms with Gasteiger partial charge < -0.3 is 10.4 Å². The van der Waals surface area contributed by atoms with Crippen LogP contribution in [0.2, 0.25) is 10.0 Å².